The average Bonchev–Trinajstić information content (AvgIpc) is 2.86. The first-order chi connectivity index (χ1) is 8.43. The zero-order valence-corrected chi connectivity index (χ0v) is 9.87. The lowest BCUT2D eigenvalue weighted by Crippen LogP contribution is -1.78. The van der Waals surface area contributed by atoms with Gasteiger partial charge < -0.3 is 0 Å². The van der Waals surface area contributed by atoms with Crippen LogP contribution in [0.4, 0.5) is 0 Å². The third-order valence-electron chi connectivity index (χ3n) is 3.20. The standard InChI is InChI=1S/C15H9NS/c1-2-4-12-10(3-1)5-6-11-7-8-13-15(14(11)12)17-9-16-13/h1-9H. The van der Waals surface area contributed by atoms with Crippen LogP contribution < -0.4 is 0 Å². The third kappa shape index (κ3) is 1.22. The first-order valence-electron chi connectivity index (χ1n) is 5.57. The van der Waals surface area contributed by atoms with Crippen LogP contribution in [0.1, 0.15) is 0 Å². The van der Waals surface area contributed by atoms with Crippen LogP contribution in [-0.2, 0) is 0 Å². The molecule has 0 radical (unpaired) electrons. The van der Waals surface area contributed by atoms with Crippen LogP contribution in [0.15, 0.2) is 54.0 Å². The highest BCUT2D eigenvalue weighted by atomic mass is 32.1. The highest BCUT2D eigenvalue weighted by Gasteiger charge is 2.06. The van der Waals surface area contributed by atoms with Gasteiger partial charge in [0.2, 0.25) is 0 Å². The van der Waals surface area contributed by atoms with Crippen molar-refractivity contribution in [1.82, 2.24) is 4.98 Å². The zero-order valence-electron chi connectivity index (χ0n) is 9.05. The van der Waals surface area contributed by atoms with E-state index in [1.54, 1.807) is 11.3 Å². The van der Waals surface area contributed by atoms with E-state index in [1.165, 1.54) is 26.2 Å². The molecule has 3 aromatic carbocycles. The van der Waals surface area contributed by atoms with E-state index in [2.05, 4.69) is 53.5 Å². The fraction of sp³-hybridized carbons (Fsp3) is 0. The smallest absolute Gasteiger partial charge is 0.0818 e. The Balaban J connectivity index is 2.41. The summed E-state index contributed by atoms with van der Waals surface area (Å²) in [5, 5.41) is 5.24. The molecule has 0 aliphatic rings. The molecule has 0 fully saturated rings. The second kappa shape index (κ2) is 3.28. The first-order valence-corrected chi connectivity index (χ1v) is 6.45. The highest BCUT2D eigenvalue weighted by Crippen LogP contribution is 2.33. The molecule has 0 saturated heterocycles. The molecule has 0 N–H and O–H groups in total. The molecule has 0 bridgehead atoms. The van der Waals surface area contributed by atoms with Crippen molar-refractivity contribution < 1.29 is 0 Å². The van der Waals surface area contributed by atoms with Crippen molar-refractivity contribution in [3.8, 4) is 0 Å². The summed E-state index contributed by atoms with van der Waals surface area (Å²) in [4.78, 5) is 4.39. The predicted molar refractivity (Wildman–Crippen MR) is 74.6 cm³/mol. The minimum absolute atomic E-state index is 1.10. The molecule has 1 aromatic heterocycles. The molecule has 0 unspecified atom stereocenters. The van der Waals surface area contributed by atoms with Gasteiger partial charge in [-0.3, -0.25) is 0 Å². The Hall–Kier alpha value is -1.93. The number of thiazole rings is 1. The van der Waals surface area contributed by atoms with Crippen molar-refractivity contribution in [3.05, 3.63) is 54.0 Å². The van der Waals surface area contributed by atoms with Gasteiger partial charge in [-0.25, -0.2) is 4.98 Å². The van der Waals surface area contributed by atoms with Gasteiger partial charge in [-0.2, -0.15) is 0 Å². The van der Waals surface area contributed by atoms with E-state index in [0.717, 1.165) is 5.52 Å². The molecule has 17 heavy (non-hydrogen) atoms. The lowest BCUT2D eigenvalue weighted by Gasteiger charge is -2.04. The van der Waals surface area contributed by atoms with Gasteiger partial charge in [-0.15, -0.1) is 11.3 Å². The maximum Gasteiger partial charge on any atom is 0.0818 e. The Morgan fingerprint density at radius 1 is 0.824 bits per heavy atom. The normalized spacial score (nSPS) is 11.5. The van der Waals surface area contributed by atoms with Gasteiger partial charge >= 0.3 is 0 Å². The Morgan fingerprint density at radius 2 is 1.65 bits per heavy atom. The maximum atomic E-state index is 4.39. The summed E-state index contributed by atoms with van der Waals surface area (Å²) in [5.41, 5.74) is 3.02. The second-order valence-corrected chi connectivity index (χ2v) is 5.01. The van der Waals surface area contributed by atoms with Crippen LogP contribution in [0.3, 0.4) is 0 Å². The molecule has 1 nitrogen and oxygen atoms in total. The van der Waals surface area contributed by atoms with Crippen LogP contribution in [0.5, 0.6) is 0 Å². The first kappa shape index (κ1) is 9.14. The summed E-state index contributed by atoms with van der Waals surface area (Å²) in [6.45, 7) is 0. The van der Waals surface area contributed by atoms with Gasteiger partial charge in [0.15, 0.2) is 0 Å². The fourth-order valence-electron chi connectivity index (χ4n) is 2.41. The maximum absolute atomic E-state index is 4.39. The Labute approximate surface area is 102 Å². The van der Waals surface area contributed by atoms with E-state index >= 15 is 0 Å². The molecule has 1 heterocycles. The van der Waals surface area contributed by atoms with Crippen molar-refractivity contribution in [2.45, 2.75) is 0 Å². The molecule has 0 spiro atoms. The van der Waals surface area contributed by atoms with Crippen LogP contribution in [0.2, 0.25) is 0 Å². The summed E-state index contributed by atoms with van der Waals surface area (Å²) in [6, 6.07) is 17.2. The number of benzene rings is 3. The predicted octanol–water partition coefficient (Wildman–Crippen LogP) is 4.60. The molecular weight excluding hydrogens is 226 g/mol. The van der Waals surface area contributed by atoms with Gasteiger partial charge in [-0.1, -0.05) is 42.5 Å². The van der Waals surface area contributed by atoms with Crippen molar-refractivity contribution in [2.24, 2.45) is 0 Å². The summed E-state index contributed by atoms with van der Waals surface area (Å²) < 4.78 is 1.29. The van der Waals surface area contributed by atoms with E-state index in [0.29, 0.717) is 0 Å². The summed E-state index contributed by atoms with van der Waals surface area (Å²) >= 11 is 1.72. The minimum atomic E-state index is 1.10. The van der Waals surface area contributed by atoms with E-state index < -0.39 is 0 Å². The minimum Gasteiger partial charge on any atom is -0.245 e. The van der Waals surface area contributed by atoms with Gasteiger partial charge in [0.25, 0.3) is 0 Å². The molecule has 4 aromatic rings. The number of hydrogen-bond donors (Lipinski definition) is 0. The van der Waals surface area contributed by atoms with Crippen LogP contribution in [0, 0.1) is 0 Å². The van der Waals surface area contributed by atoms with E-state index in [1.807, 2.05) is 5.51 Å². The molecule has 0 atom stereocenters. The van der Waals surface area contributed by atoms with Crippen molar-refractivity contribution >= 4 is 43.1 Å². The van der Waals surface area contributed by atoms with Gasteiger partial charge in [0, 0.05) is 5.39 Å². The molecule has 80 valence electrons. The van der Waals surface area contributed by atoms with Crippen LogP contribution >= 0.6 is 11.3 Å². The molecule has 0 saturated carbocycles. The van der Waals surface area contributed by atoms with Gasteiger partial charge in [-0.05, 0) is 22.2 Å². The number of aromatic nitrogens is 1. The Morgan fingerprint density at radius 3 is 2.65 bits per heavy atom. The number of hydrogen-bond acceptors (Lipinski definition) is 2. The van der Waals surface area contributed by atoms with E-state index in [4.69, 9.17) is 0 Å². The van der Waals surface area contributed by atoms with Crippen molar-refractivity contribution in [3.63, 3.8) is 0 Å². The van der Waals surface area contributed by atoms with E-state index in [9.17, 15) is 0 Å². The van der Waals surface area contributed by atoms with Crippen LogP contribution in [0.25, 0.3) is 31.8 Å². The quantitative estimate of drug-likeness (QED) is 0.406. The molecule has 0 amide bonds. The Kier molecular flexibility index (Phi) is 1.76. The van der Waals surface area contributed by atoms with Crippen LogP contribution in [-0.4, -0.2) is 4.98 Å². The highest BCUT2D eigenvalue weighted by molar-refractivity contribution is 7.17. The molecule has 0 aliphatic heterocycles. The lowest BCUT2D eigenvalue weighted by atomic mass is 10.0. The number of fused-ring (bicyclic) bond motifs is 5. The van der Waals surface area contributed by atoms with Crippen molar-refractivity contribution in [2.75, 3.05) is 0 Å². The molecule has 4 rings (SSSR count). The lowest BCUT2D eigenvalue weighted by molar-refractivity contribution is 1.51. The monoisotopic (exact) mass is 235 g/mol. The number of nitrogens with zero attached hydrogens (tertiary/aromatic N) is 1. The molecule has 0 aliphatic carbocycles. The Bertz CT molecular complexity index is 845. The van der Waals surface area contributed by atoms with E-state index in [-0.39, 0.29) is 0 Å². The van der Waals surface area contributed by atoms with Gasteiger partial charge in [0.1, 0.15) is 0 Å². The largest absolute Gasteiger partial charge is 0.245 e. The molecule has 2 heteroatoms. The summed E-state index contributed by atoms with van der Waals surface area (Å²) in [6.07, 6.45) is 0. The third-order valence-corrected chi connectivity index (χ3v) is 4.06. The van der Waals surface area contributed by atoms with Crippen molar-refractivity contribution in [1.29, 1.82) is 0 Å². The average molecular weight is 235 g/mol. The second-order valence-electron chi connectivity index (χ2n) is 4.15. The number of rotatable bonds is 0. The van der Waals surface area contributed by atoms with Gasteiger partial charge in [0.05, 0.1) is 15.7 Å². The summed E-state index contributed by atoms with van der Waals surface area (Å²) in [5.74, 6) is 0. The zero-order chi connectivity index (χ0) is 11.2. The summed E-state index contributed by atoms with van der Waals surface area (Å²) in [7, 11) is 0. The fourth-order valence-corrected chi connectivity index (χ4v) is 3.27. The SMILES string of the molecule is c1ccc2c(c1)ccc1ccc3ncsc3c12. The topological polar surface area (TPSA) is 12.9 Å². The molecular formula is C15H9NS.